The van der Waals surface area contributed by atoms with Crippen LogP contribution in [0.25, 0.3) is 0 Å². The predicted octanol–water partition coefficient (Wildman–Crippen LogP) is 7.26. The summed E-state index contributed by atoms with van der Waals surface area (Å²) in [5, 5.41) is 19.5. The first kappa shape index (κ1) is 28.7. The zero-order valence-corrected chi connectivity index (χ0v) is 23.2. The highest BCUT2D eigenvalue weighted by Gasteiger charge is 2.31. The van der Waals surface area contributed by atoms with E-state index in [1.165, 1.54) is 19.3 Å². The number of hydrogen-bond acceptors (Lipinski definition) is 3. The van der Waals surface area contributed by atoms with Gasteiger partial charge in [-0.05, 0) is 48.1 Å². The molecular formula is C27H45BrN2O2. The number of phenols is 1. The maximum atomic E-state index is 13.3. The normalized spacial score (nSPS) is 17.1. The molecule has 0 aromatic heterocycles. The lowest BCUT2D eigenvalue weighted by molar-refractivity contribution is 0.0965. The number of hydrogen-bond donors (Lipinski definition) is 2. The quantitative estimate of drug-likeness (QED) is 0.363. The van der Waals surface area contributed by atoms with E-state index in [1.54, 1.807) is 0 Å². The third-order valence-electron chi connectivity index (χ3n) is 6.94. The molecular weight excluding hydrogens is 464 g/mol. The number of halogens is 1. The molecule has 2 rings (SSSR count). The average molecular weight is 510 g/mol. The topological polar surface area (TPSA) is 64.4 Å². The van der Waals surface area contributed by atoms with E-state index < -0.39 is 0 Å². The fraction of sp³-hybridized carbons (Fsp3) is 0.704. The smallest absolute Gasteiger partial charge is 0.182 e. The zero-order valence-electron chi connectivity index (χ0n) is 21.5. The summed E-state index contributed by atoms with van der Waals surface area (Å²) >= 11 is 0. The van der Waals surface area contributed by atoms with E-state index in [0.29, 0.717) is 17.1 Å². The molecule has 1 fully saturated rings. The summed E-state index contributed by atoms with van der Waals surface area (Å²) in [6.07, 6.45) is 5.60. The SMILES string of the molecule is Br.CCC(CC)CCC1CCN(CC(=O)c2cc(C(C)(C)C)c(O)c(C(C)(C)C)c2)C1=N. The zero-order chi connectivity index (χ0) is 23.6. The molecule has 32 heavy (non-hydrogen) atoms. The Hall–Kier alpha value is -1.36. The highest BCUT2D eigenvalue weighted by Crippen LogP contribution is 2.40. The molecule has 1 aromatic carbocycles. The van der Waals surface area contributed by atoms with Gasteiger partial charge in [0.1, 0.15) is 5.75 Å². The molecule has 0 bridgehead atoms. The van der Waals surface area contributed by atoms with Crippen LogP contribution in [0.15, 0.2) is 12.1 Å². The lowest BCUT2D eigenvalue weighted by Crippen LogP contribution is -2.32. The summed E-state index contributed by atoms with van der Waals surface area (Å²) in [6.45, 7) is 17.9. The lowest BCUT2D eigenvalue weighted by Gasteiger charge is -2.28. The minimum Gasteiger partial charge on any atom is -0.507 e. The number of benzene rings is 1. The lowest BCUT2D eigenvalue weighted by atomic mass is 9.78. The minimum atomic E-state index is -0.263. The van der Waals surface area contributed by atoms with Crippen molar-refractivity contribution in [2.75, 3.05) is 13.1 Å². The molecule has 0 radical (unpaired) electrons. The highest BCUT2D eigenvalue weighted by atomic mass is 79.9. The van der Waals surface area contributed by atoms with Crippen LogP contribution in [-0.2, 0) is 10.8 Å². The van der Waals surface area contributed by atoms with Crippen LogP contribution >= 0.6 is 17.0 Å². The van der Waals surface area contributed by atoms with E-state index in [0.717, 1.165) is 36.4 Å². The largest absolute Gasteiger partial charge is 0.507 e. The molecule has 0 aliphatic carbocycles. The summed E-state index contributed by atoms with van der Waals surface area (Å²) in [7, 11) is 0. The Balaban J connectivity index is 0.00000512. The number of rotatable bonds is 8. The van der Waals surface area contributed by atoms with Crippen molar-refractivity contribution in [3.63, 3.8) is 0 Å². The molecule has 1 unspecified atom stereocenters. The molecule has 1 aliphatic rings. The Morgan fingerprint density at radius 3 is 2.03 bits per heavy atom. The number of phenolic OH excluding ortho intramolecular Hbond substituents is 1. The first-order valence-corrected chi connectivity index (χ1v) is 12.0. The first-order chi connectivity index (χ1) is 14.3. The highest BCUT2D eigenvalue weighted by molar-refractivity contribution is 8.93. The van der Waals surface area contributed by atoms with Crippen LogP contribution in [0.2, 0.25) is 0 Å². The third kappa shape index (κ3) is 6.82. The second kappa shape index (κ2) is 11.2. The van der Waals surface area contributed by atoms with E-state index in [4.69, 9.17) is 5.41 Å². The van der Waals surface area contributed by atoms with Crippen molar-refractivity contribution < 1.29 is 9.90 Å². The van der Waals surface area contributed by atoms with Gasteiger partial charge >= 0.3 is 0 Å². The van der Waals surface area contributed by atoms with Gasteiger partial charge in [-0.1, -0.05) is 68.2 Å². The van der Waals surface area contributed by atoms with Crippen LogP contribution < -0.4 is 0 Å². The maximum absolute atomic E-state index is 13.3. The van der Waals surface area contributed by atoms with Gasteiger partial charge in [0, 0.05) is 29.2 Å². The van der Waals surface area contributed by atoms with Gasteiger partial charge in [0.2, 0.25) is 0 Å². The van der Waals surface area contributed by atoms with Crippen molar-refractivity contribution in [3.8, 4) is 5.75 Å². The molecule has 1 saturated heterocycles. The van der Waals surface area contributed by atoms with E-state index in [2.05, 4.69) is 55.4 Å². The fourth-order valence-electron chi connectivity index (χ4n) is 4.61. The Kier molecular flexibility index (Phi) is 10.0. The van der Waals surface area contributed by atoms with Crippen molar-refractivity contribution >= 4 is 28.6 Å². The summed E-state index contributed by atoms with van der Waals surface area (Å²) < 4.78 is 0. The fourth-order valence-corrected chi connectivity index (χ4v) is 4.61. The second-order valence-corrected chi connectivity index (χ2v) is 11.4. The van der Waals surface area contributed by atoms with Gasteiger partial charge in [-0.2, -0.15) is 0 Å². The van der Waals surface area contributed by atoms with E-state index in [9.17, 15) is 9.90 Å². The van der Waals surface area contributed by atoms with Gasteiger partial charge in [0.05, 0.1) is 12.4 Å². The molecule has 1 heterocycles. The standard InChI is InChI=1S/C27H44N2O2.BrH/c1-9-18(10-2)11-12-19-13-14-29(25(19)28)17-23(30)20-15-21(26(3,4)5)24(31)22(16-20)27(6,7)8;/h15-16,18-19,28,31H,9-14,17H2,1-8H3;1H. The van der Waals surface area contributed by atoms with Gasteiger partial charge in [0.25, 0.3) is 0 Å². The average Bonchev–Trinajstić information content (AvgIpc) is 3.00. The molecule has 0 amide bonds. The second-order valence-electron chi connectivity index (χ2n) is 11.4. The first-order valence-electron chi connectivity index (χ1n) is 12.0. The van der Waals surface area contributed by atoms with Crippen LogP contribution in [0.4, 0.5) is 0 Å². The molecule has 0 spiro atoms. The van der Waals surface area contributed by atoms with Gasteiger partial charge in [-0.15, -0.1) is 17.0 Å². The van der Waals surface area contributed by atoms with Crippen LogP contribution in [0.5, 0.6) is 5.75 Å². The van der Waals surface area contributed by atoms with Crippen LogP contribution in [-0.4, -0.2) is 34.7 Å². The Bertz CT molecular complexity index is 766. The van der Waals surface area contributed by atoms with Crippen LogP contribution in [0.1, 0.15) is 109 Å². The number of likely N-dealkylation sites (tertiary alicyclic amines) is 1. The molecule has 5 heteroatoms. The van der Waals surface area contributed by atoms with Crippen molar-refractivity contribution in [1.82, 2.24) is 4.90 Å². The number of aromatic hydroxyl groups is 1. The number of Topliss-reactive ketones (excluding diaryl/α,β-unsaturated/α-hetero) is 1. The van der Waals surface area contributed by atoms with Crippen molar-refractivity contribution in [1.29, 1.82) is 5.41 Å². The van der Waals surface area contributed by atoms with Gasteiger partial charge in [-0.3, -0.25) is 10.2 Å². The summed E-state index contributed by atoms with van der Waals surface area (Å²) in [5.74, 6) is 1.98. The monoisotopic (exact) mass is 508 g/mol. The number of carbonyl (C=O) groups excluding carboxylic acids is 1. The molecule has 182 valence electrons. The minimum absolute atomic E-state index is 0. The summed E-state index contributed by atoms with van der Waals surface area (Å²) in [4.78, 5) is 15.2. The van der Waals surface area contributed by atoms with Gasteiger partial charge < -0.3 is 10.0 Å². The number of nitrogens with zero attached hydrogens (tertiary/aromatic N) is 1. The Morgan fingerprint density at radius 1 is 1.09 bits per heavy atom. The predicted molar refractivity (Wildman–Crippen MR) is 141 cm³/mol. The molecule has 2 N–H and O–H groups in total. The van der Waals surface area contributed by atoms with Crippen molar-refractivity contribution in [2.45, 2.75) is 98.3 Å². The Morgan fingerprint density at radius 2 is 1.59 bits per heavy atom. The summed E-state index contributed by atoms with van der Waals surface area (Å²) in [6, 6.07) is 3.72. The third-order valence-corrected chi connectivity index (χ3v) is 6.94. The molecule has 0 saturated carbocycles. The van der Waals surface area contributed by atoms with E-state index in [-0.39, 0.29) is 46.1 Å². The number of ketones is 1. The molecule has 4 nitrogen and oxygen atoms in total. The molecule has 1 aliphatic heterocycles. The van der Waals surface area contributed by atoms with Crippen LogP contribution in [0.3, 0.4) is 0 Å². The van der Waals surface area contributed by atoms with Crippen LogP contribution in [0, 0.1) is 17.2 Å². The van der Waals surface area contributed by atoms with Crippen molar-refractivity contribution in [3.05, 3.63) is 28.8 Å². The number of carbonyl (C=O) groups is 1. The van der Waals surface area contributed by atoms with Gasteiger partial charge in [0.15, 0.2) is 5.78 Å². The van der Waals surface area contributed by atoms with Crippen molar-refractivity contribution in [2.24, 2.45) is 11.8 Å². The Labute approximate surface area is 206 Å². The van der Waals surface area contributed by atoms with E-state index >= 15 is 0 Å². The number of amidine groups is 1. The molecule has 1 aromatic rings. The molecule has 1 atom stereocenters. The number of nitrogens with one attached hydrogen (secondary N) is 1. The maximum Gasteiger partial charge on any atom is 0.182 e. The van der Waals surface area contributed by atoms with Gasteiger partial charge in [-0.25, -0.2) is 0 Å². The van der Waals surface area contributed by atoms with E-state index in [1.807, 2.05) is 17.0 Å². The summed E-state index contributed by atoms with van der Waals surface area (Å²) in [5.41, 5.74) is 1.73.